The first-order valence-corrected chi connectivity index (χ1v) is 8.39. The highest BCUT2D eigenvalue weighted by Gasteiger charge is 2.20. The molecule has 0 amide bonds. The summed E-state index contributed by atoms with van der Waals surface area (Å²) in [5, 5.41) is 3.28. The van der Waals surface area contributed by atoms with Crippen LogP contribution in [0.1, 0.15) is 17.1 Å². The second-order valence-electron chi connectivity index (χ2n) is 5.72. The molecular formula is C17H18N4S. The molecule has 0 bridgehead atoms. The predicted octanol–water partition coefficient (Wildman–Crippen LogP) is 3.10. The number of hydrogen-bond acceptors (Lipinski definition) is 4. The van der Waals surface area contributed by atoms with Crippen LogP contribution in [0.25, 0.3) is 10.6 Å². The average Bonchev–Trinajstić information content (AvgIpc) is 3.16. The Bertz CT molecular complexity index is 775. The number of thiazole rings is 1. The van der Waals surface area contributed by atoms with Crippen molar-refractivity contribution in [2.24, 2.45) is 7.05 Å². The second-order valence-corrected chi connectivity index (χ2v) is 6.58. The van der Waals surface area contributed by atoms with E-state index in [1.807, 2.05) is 12.4 Å². The molecule has 1 aliphatic rings. The summed E-state index contributed by atoms with van der Waals surface area (Å²) in [7, 11) is 2.08. The third kappa shape index (κ3) is 2.58. The highest BCUT2D eigenvalue weighted by atomic mass is 32.1. The van der Waals surface area contributed by atoms with Crippen molar-refractivity contribution in [3.8, 4) is 10.6 Å². The SMILES string of the molecule is Cn1cnc2c1CCN(Cc1csc(-c3ccccc3)n1)C2. The number of fused-ring (bicyclic) bond motifs is 1. The van der Waals surface area contributed by atoms with Gasteiger partial charge < -0.3 is 4.57 Å². The zero-order valence-electron chi connectivity index (χ0n) is 12.6. The normalized spacial score (nSPS) is 15.0. The molecule has 4 rings (SSSR count). The third-order valence-corrected chi connectivity index (χ3v) is 5.08. The summed E-state index contributed by atoms with van der Waals surface area (Å²) in [5.74, 6) is 0. The van der Waals surface area contributed by atoms with Crippen LogP contribution in [0.3, 0.4) is 0 Å². The molecule has 2 aromatic heterocycles. The number of nitrogens with zero attached hydrogens (tertiary/aromatic N) is 4. The molecule has 1 aliphatic heterocycles. The molecule has 0 saturated carbocycles. The number of rotatable bonds is 3. The molecule has 0 spiro atoms. The standard InChI is InChI=1S/C17H18N4S/c1-20-12-18-15-10-21(8-7-16(15)20)9-14-11-22-17(19-14)13-5-3-2-4-6-13/h2-6,11-12H,7-10H2,1H3. The molecule has 4 nitrogen and oxygen atoms in total. The van der Waals surface area contributed by atoms with E-state index >= 15 is 0 Å². The molecule has 0 saturated heterocycles. The Morgan fingerprint density at radius 2 is 2.09 bits per heavy atom. The molecule has 0 N–H and O–H groups in total. The van der Waals surface area contributed by atoms with Gasteiger partial charge in [0.1, 0.15) is 5.01 Å². The maximum atomic E-state index is 4.79. The Labute approximate surface area is 134 Å². The van der Waals surface area contributed by atoms with Crippen molar-refractivity contribution >= 4 is 11.3 Å². The lowest BCUT2D eigenvalue weighted by molar-refractivity contribution is 0.238. The predicted molar refractivity (Wildman–Crippen MR) is 88.6 cm³/mol. The highest BCUT2D eigenvalue weighted by Crippen LogP contribution is 2.25. The first-order valence-electron chi connectivity index (χ1n) is 7.51. The van der Waals surface area contributed by atoms with E-state index in [1.54, 1.807) is 11.3 Å². The van der Waals surface area contributed by atoms with Crippen LogP contribution in [-0.2, 0) is 26.6 Å². The van der Waals surface area contributed by atoms with Crippen molar-refractivity contribution in [1.82, 2.24) is 19.4 Å². The first-order chi connectivity index (χ1) is 10.8. The van der Waals surface area contributed by atoms with E-state index in [-0.39, 0.29) is 0 Å². The number of aromatic nitrogens is 3. The maximum absolute atomic E-state index is 4.79. The summed E-state index contributed by atoms with van der Waals surface area (Å²) >= 11 is 1.72. The van der Waals surface area contributed by atoms with Gasteiger partial charge in [0.2, 0.25) is 0 Å². The van der Waals surface area contributed by atoms with Crippen LogP contribution in [0.2, 0.25) is 0 Å². The molecule has 112 valence electrons. The summed E-state index contributed by atoms with van der Waals surface area (Å²) < 4.78 is 2.14. The smallest absolute Gasteiger partial charge is 0.123 e. The van der Waals surface area contributed by atoms with Gasteiger partial charge in [-0.2, -0.15) is 0 Å². The number of hydrogen-bond donors (Lipinski definition) is 0. The number of aryl methyl sites for hydroxylation is 1. The Morgan fingerprint density at radius 3 is 2.95 bits per heavy atom. The van der Waals surface area contributed by atoms with E-state index in [0.717, 1.165) is 36.8 Å². The summed E-state index contributed by atoms with van der Waals surface area (Å²) in [6, 6.07) is 10.4. The van der Waals surface area contributed by atoms with Crippen molar-refractivity contribution in [3.63, 3.8) is 0 Å². The van der Waals surface area contributed by atoms with Crippen LogP contribution in [0.5, 0.6) is 0 Å². The second kappa shape index (κ2) is 5.66. The summed E-state index contributed by atoms with van der Waals surface area (Å²) in [6.45, 7) is 2.90. The Kier molecular flexibility index (Phi) is 3.52. The van der Waals surface area contributed by atoms with Crippen molar-refractivity contribution < 1.29 is 0 Å². The van der Waals surface area contributed by atoms with Gasteiger partial charge in [0, 0.05) is 49.7 Å². The number of benzene rings is 1. The first kappa shape index (κ1) is 13.7. The topological polar surface area (TPSA) is 34.0 Å². The molecule has 0 atom stereocenters. The quantitative estimate of drug-likeness (QED) is 0.745. The average molecular weight is 310 g/mol. The van der Waals surface area contributed by atoms with Gasteiger partial charge in [-0.25, -0.2) is 9.97 Å². The third-order valence-electron chi connectivity index (χ3n) is 4.14. The zero-order chi connectivity index (χ0) is 14.9. The lowest BCUT2D eigenvalue weighted by Crippen LogP contribution is -2.30. The minimum Gasteiger partial charge on any atom is -0.337 e. The lowest BCUT2D eigenvalue weighted by Gasteiger charge is -2.25. The van der Waals surface area contributed by atoms with E-state index in [4.69, 9.17) is 4.98 Å². The fraction of sp³-hybridized carbons (Fsp3) is 0.294. The van der Waals surface area contributed by atoms with Crippen LogP contribution < -0.4 is 0 Å². The van der Waals surface area contributed by atoms with Gasteiger partial charge in [-0.05, 0) is 0 Å². The van der Waals surface area contributed by atoms with Gasteiger partial charge in [-0.3, -0.25) is 4.90 Å². The number of imidazole rings is 1. The Morgan fingerprint density at radius 1 is 1.23 bits per heavy atom. The molecule has 3 heterocycles. The fourth-order valence-corrected chi connectivity index (χ4v) is 3.79. The van der Waals surface area contributed by atoms with Gasteiger partial charge in [0.15, 0.2) is 0 Å². The van der Waals surface area contributed by atoms with Gasteiger partial charge in [-0.1, -0.05) is 30.3 Å². The fourth-order valence-electron chi connectivity index (χ4n) is 2.97. The summed E-state index contributed by atoms with van der Waals surface area (Å²) in [4.78, 5) is 11.7. The van der Waals surface area contributed by atoms with Crippen molar-refractivity contribution in [1.29, 1.82) is 0 Å². The van der Waals surface area contributed by atoms with E-state index < -0.39 is 0 Å². The molecule has 3 aromatic rings. The van der Waals surface area contributed by atoms with Crippen LogP contribution >= 0.6 is 11.3 Å². The van der Waals surface area contributed by atoms with Crippen LogP contribution in [0, 0.1) is 0 Å². The van der Waals surface area contributed by atoms with Crippen molar-refractivity contribution in [3.05, 3.63) is 59.1 Å². The Balaban J connectivity index is 1.48. The molecule has 5 heteroatoms. The molecule has 1 aromatic carbocycles. The Hall–Kier alpha value is -1.98. The summed E-state index contributed by atoms with van der Waals surface area (Å²) in [6.07, 6.45) is 2.99. The van der Waals surface area contributed by atoms with E-state index in [2.05, 4.69) is 51.1 Å². The van der Waals surface area contributed by atoms with Gasteiger partial charge >= 0.3 is 0 Å². The molecular weight excluding hydrogens is 292 g/mol. The van der Waals surface area contributed by atoms with Crippen molar-refractivity contribution in [2.75, 3.05) is 6.54 Å². The molecule has 0 radical (unpaired) electrons. The van der Waals surface area contributed by atoms with Gasteiger partial charge in [-0.15, -0.1) is 11.3 Å². The van der Waals surface area contributed by atoms with Crippen LogP contribution in [0.15, 0.2) is 42.0 Å². The van der Waals surface area contributed by atoms with Crippen LogP contribution in [0.4, 0.5) is 0 Å². The molecule has 0 unspecified atom stereocenters. The lowest BCUT2D eigenvalue weighted by atomic mass is 10.1. The van der Waals surface area contributed by atoms with Crippen LogP contribution in [-0.4, -0.2) is 26.0 Å². The summed E-state index contributed by atoms with van der Waals surface area (Å²) in [5.41, 5.74) is 4.94. The zero-order valence-corrected chi connectivity index (χ0v) is 13.4. The molecule has 0 aliphatic carbocycles. The monoisotopic (exact) mass is 310 g/mol. The minimum atomic E-state index is 0.902. The van der Waals surface area contributed by atoms with E-state index in [0.29, 0.717) is 0 Å². The molecule has 0 fully saturated rings. The van der Waals surface area contributed by atoms with Gasteiger partial charge in [0.05, 0.1) is 17.7 Å². The highest BCUT2D eigenvalue weighted by molar-refractivity contribution is 7.13. The van der Waals surface area contributed by atoms with Gasteiger partial charge in [0.25, 0.3) is 0 Å². The minimum absolute atomic E-state index is 0.902. The van der Waals surface area contributed by atoms with E-state index in [1.165, 1.54) is 17.0 Å². The maximum Gasteiger partial charge on any atom is 0.123 e. The van der Waals surface area contributed by atoms with Crippen molar-refractivity contribution in [2.45, 2.75) is 19.5 Å². The largest absolute Gasteiger partial charge is 0.337 e. The van der Waals surface area contributed by atoms with E-state index in [9.17, 15) is 0 Å². The molecule has 22 heavy (non-hydrogen) atoms.